The molecule has 0 spiro atoms. The predicted molar refractivity (Wildman–Crippen MR) is 131 cm³/mol. The van der Waals surface area contributed by atoms with E-state index in [1.54, 1.807) is 13.8 Å². The maximum absolute atomic E-state index is 12.9. The van der Waals surface area contributed by atoms with Gasteiger partial charge in [0.1, 0.15) is 18.1 Å². The number of hydrogen-bond acceptors (Lipinski definition) is 8. The summed E-state index contributed by atoms with van der Waals surface area (Å²) in [6, 6.07) is -5.36. The van der Waals surface area contributed by atoms with E-state index >= 15 is 0 Å². The zero-order chi connectivity index (χ0) is 28.7. The second-order valence-electron chi connectivity index (χ2n) is 8.81. The zero-order valence-electron chi connectivity index (χ0n) is 20.9. The Hall–Kier alpha value is -3.95. The molecule has 37 heavy (non-hydrogen) atoms. The third kappa shape index (κ3) is 14.9. The van der Waals surface area contributed by atoms with Crippen LogP contribution in [0.2, 0.25) is 0 Å². The van der Waals surface area contributed by atoms with Crippen LogP contribution in [0.5, 0.6) is 0 Å². The van der Waals surface area contributed by atoms with Crippen molar-refractivity contribution in [3.63, 3.8) is 0 Å². The molecule has 0 rings (SSSR count). The molecule has 0 aromatic heterocycles. The van der Waals surface area contributed by atoms with Crippen LogP contribution in [0.1, 0.15) is 52.4 Å². The molecule has 0 aliphatic heterocycles. The number of carbonyl (C=O) groups excluding carboxylic acids is 4. The van der Waals surface area contributed by atoms with Gasteiger partial charge in [0.25, 0.3) is 0 Å². The lowest BCUT2D eigenvalue weighted by Crippen LogP contribution is -2.57. The monoisotopic (exact) mass is 530 g/mol. The number of nitrogens with one attached hydrogen (secondary N) is 3. The summed E-state index contributed by atoms with van der Waals surface area (Å²) in [6.07, 6.45) is -0.805. The van der Waals surface area contributed by atoms with Gasteiger partial charge in [-0.1, -0.05) is 13.8 Å². The molecule has 0 saturated heterocycles. The Morgan fingerprint density at radius 3 is 1.84 bits per heavy atom. The van der Waals surface area contributed by atoms with Crippen LogP contribution in [0.15, 0.2) is 4.99 Å². The van der Waals surface area contributed by atoms with Crippen molar-refractivity contribution in [3.05, 3.63) is 0 Å². The Morgan fingerprint density at radius 1 is 0.811 bits per heavy atom. The molecule has 0 aliphatic carbocycles. The third-order valence-electron chi connectivity index (χ3n) is 4.95. The van der Waals surface area contributed by atoms with Crippen molar-refractivity contribution in [3.8, 4) is 0 Å². The van der Waals surface area contributed by atoms with Crippen LogP contribution in [0.4, 0.5) is 0 Å². The van der Waals surface area contributed by atoms with Gasteiger partial charge >= 0.3 is 11.9 Å². The normalized spacial score (nSPS) is 13.9. The van der Waals surface area contributed by atoms with Gasteiger partial charge in [-0.05, 0) is 31.6 Å². The van der Waals surface area contributed by atoms with Crippen LogP contribution in [0.25, 0.3) is 0 Å². The van der Waals surface area contributed by atoms with Crippen LogP contribution in [-0.4, -0.2) is 82.5 Å². The van der Waals surface area contributed by atoms with E-state index in [1.807, 2.05) is 0 Å². The van der Waals surface area contributed by atoms with Gasteiger partial charge in [0, 0.05) is 13.0 Å². The number of amides is 4. The molecule has 4 amide bonds. The Morgan fingerprint density at radius 2 is 1.35 bits per heavy atom. The Labute approximate surface area is 214 Å². The average molecular weight is 531 g/mol. The quantitative estimate of drug-likeness (QED) is 0.0480. The summed E-state index contributed by atoms with van der Waals surface area (Å²) in [7, 11) is 0. The topological polar surface area (TPSA) is 295 Å². The lowest BCUT2D eigenvalue weighted by molar-refractivity contribution is -0.144. The van der Waals surface area contributed by atoms with Crippen molar-refractivity contribution in [2.45, 2.75) is 76.5 Å². The minimum atomic E-state index is -1.64. The third-order valence-corrected chi connectivity index (χ3v) is 4.95. The van der Waals surface area contributed by atoms with Crippen molar-refractivity contribution < 1.29 is 39.0 Å². The smallest absolute Gasteiger partial charge is 0.326 e. The SMILES string of the molecule is CC(C)CC(NC(=O)C(N)CCC(N)=O)C(=O)NC(CC(=O)O)C(=O)NC(CCCN=C(N)N)C(=O)O. The largest absolute Gasteiger partial charge is 0.481 e. The zero-order valence-corrected chi connectivity index (χ0v) is 20.9. The van der Waals surface area contributed by atoms with Gasteiger partial charge in [-0.2, -0.15) is 0 Å². The fraction of sp³-hybridized carbons (Fsp3) is 0.667. The number of hydrogen-bond donors (Lipinski definition) is 9. The van der Waals surface area contributed by atoms with Crippen molar-refractivity contribution in [1.82, 2.24) is 16.0 Å². The fourth-order valence-corrected chi connectivity index (χ4v) is 3.10. The van der Waals surface area contributed by atoms with Crippen molar-refractivity contribution >= 4 is 41.5 Å². The van der Waals surface area contributed by atoms with E-state index in [1.165, 1.54) is 0 Å². The molecule has 0 aromatic rings. The van der Waals surface area contributed by atoms with Gasteiger partial charge in [0.05, 0.1) is 12.5 Å². The summed E-state index contributed by atoms with van der Waals surface area (Å²) in [6.45, 7) is 3.64. The van der Waals surface area contributed by atoms with Crippen LogP contribution < -0.4 is 38.9 Å². The van der Waals surface area contributed by atoms with Crippen LogP contribution in [0, 0.1) is 5.92 Å². The van der Waals surface area contributed by atoms with Gasteiger partial charge in [-0.15, -0.1) is 0 Å². The molecule has 0 saturated carbocycles. The molecular formula is C21H38N8O8. The summed E-state index contributed by atoms with van der Waals surface area (Å²) >= 11 is 0. The second kappa shape index (κ2) is 16.7. The molecule has 4 atom stereocenters. The standard InChI is InChI=1S/C21H38N8O8/c1-10(2)8-13(28-17(33)11(22)5-6-15(23)30)18(34)29-14(9-16(31)32)19(35)27-12(20(36)37)4-3-7-26-21(24)25/h10-14H,3-9,22H2,1-2H3,(H2,23,30)(H,27,35)(H,28,33)(H,29,34)(H,31,32)(H,36,37)(H4,24,25,26). The molecule has 16 heteroatoms. The number of guanidine groups is 1. The first-order valence-corrected chi connectivity index (χ1v) is 11.6. The second-order valence-corrected chi connectivity index (χ2v) is 8.81. The predicted octanol–water partition coefficient (Wildman–Crippen LogP) is -3.31. The summed E-state index contributed by atoms with van der Waals surface area (Å²) in [4.78, 5) is 75.6. The van der Waals surface area contributed by atoms with Crippen LogP contribution in [-0.2, 0) is 28.8 Å². The van der Waals surface area contributed by atoms with Crippen molar-refractivity contribution in [2.24, 2.45) is 33.8 Å². The fourth-order valence-electron chi connectivity index (χ4n) is 3.10. The molecule has 0 radical (unpaired) electrons. The Kier molecular flexibility index (Phi) is 14.9. The lowest BCUT2D eigenvalue weighted by atomic mass is 10.0. The highest BCUT2D eigenvalue weighted by molar-refractivity contribution is 5.95. The van der Waals surface area contributed by atoms with Gasteiger partial charge in [-0.25, -0.2) is 4.79 Å². The highest BCUT2D eigenvalue weighted by Gasteiger charge is 2.31. The average Bonchev–Trinajstić information content (AvgIpc) is 2.77. The molecular weight excluding hydrogens is 492 g/mol. The number of rotatable bonds is 18. The molecule has 0 bridgehead atoms. The highest BCUT2D eigenvalue weighted by Crippen LogP contribution is 2.08. The van der Waals surface area contributed by atoms with Crippen molar-refractivity contribution in [1.29, 1.82) is 0 Å². The summed E-state index contributed by atoms with van der Waals surface area (Å²) in [5, 5.41) is 25.5. The van der Waals surface area contributed by atoms with E-state index in [4.69, 9.17) is 22.9 Å². The van der Waals surface area contributed by atoms with E-state index in [9.17, 15) is 39.0 Å². The first kappa shape index (κ1) is 33.0. The lowest BCUT2D eigenvalue weighted by Gasteiger charge is -2.25. The van der Waals surface area contributed by atoms with E-state index in [0.717, 1.165) is 0 Å². The highest BCUT2D eigenvalue weighted by atomic mass is 16.4. The van der Waals surface area contributed by atoms with Crippen LogP contribution >= 0.6 is 0 Å². The summed E-state index contributed by atoms with van der Waals surface area (Å²) < 4.78 is 0. The minimum Gasteiger partial charge on any atom is -0.481 e. The number of carboxylic acids is 2. The van der Waals surface area contributed by atoms with Gasteiger partial charge in [-0.3, -0.25) is 29.0 Å². The molecule has 210 valence electrons. The number of primary amides is 1. The number of aliphatic carboxylic acids is 2. The van der Waals surface area contributed by atoms with E-state index in [2.05, 4.69) is 20.9 Å². The number of nitrogens with zero attached hydrogens (tertiary/aromatic N) is 1. The number of carbonyl (C=O) groups is 6. The first-order chi connectivity index (χ1) is 17.1. The molecule has 0 aliphatic rings. The molecule has 4 unspecified atom stereocenters. The summed E-state index contributed by atoms with van der Waals surface area (Å²) in [5.41, 5.74) is 21.2. The molecule has 0 fully saturated rings. The van der Waals surface area contributed by atoms with Crippen molar-refractivity contribution in [2.75, 3.05) is 6.54 Å². The number of nitrogens with two attached hydrogens (primary N) is 4. The summed E-state index contributed by atoms with van der Waals surface area (Å²) in [5.74, 6) is -6.41. The first-order valence-electron chi connectivity index (χ1n) is 11.6. The van der Waals surface area contributed by atoms with E-state index in [-0.39, 0.29) is 50.5 Å². The Balaban J connectivity index is 5.48. The molecule has 0 heterocycles. The molecule has 0 aromatic carbocycles. The Bertz CT molecular complexity index is 859. The molecule has 16 nitrogen and oxygen atoms in total. The number of aliphatic imine (C=N–C) groups is 1. The van der Waals surface area contributed by atoms with Gasteiger partial charge in [0.2, 0.25) is 23.6 Å². The van der Waals surface area contributed by atoms with Gasteiger partial charge in [0.15, 0.2) is 5.96 Å². The van der Waals surface area contributed by atoms with E-state index < -0.39 is 66.2 Å². The molecule has 13 N–H and O–H groups in total. The van der Waals surface area contributed by atoms with E-state index in [0.29, 0.717) is 0 Å². The minimum absolute atomic E-state index is 0.0546. The maximum Gasteiger partial charge on any atom is 0.326 e. The number of carboxylic acid groups (broad SMARTS) is 2. The van der Waals surface area contributed by atoms with Crippen LogP contribution in [0.3, 0.4) is 0 Å². The maximum atomic E-state index is 12.9. The van der Waals surface area contributed by atoms with Gasteiger partial charge < -0.3 is 49.1 Å².